The number of rotatable bonds is 6. The highest BCUT2D eigenvalue weighted by Gasteiger charge is 2.26. The number of aliphatic imine (C=N–C) groups is 1. The van der Waals surface area contributed by atoms with Gasteiger partial charge in [-0.3, -0.25) is 9.20 Å². The van der Waals surface area contributed by atoms with E-state index in [1.54, 1.807) is 14.2 Å². The number of ether oxygens (including phenoxy) is 2. The number of nitrogens with zero attached hydrogens (tertiary/aromatic N) is 1. The van der Waals surface area contributed by atoms with Gasteiger partial charge in [-0.25, -0.2) is 0 Å². The molecule has 1 aliphatic carbocycles. The zero-order valence-electron chi connectivity index (χ0n) is 17.8. The normalized spacial score (nSPS) is 24.7. The standard InChI is InChI=1S/C21H33N3O3S.HI/c1-5-28(25)18-8-6-7-17(12-18)24-21(22-3)23-13-16-11-20-15(9-14(2)27-20)10-19(16)26-4;/h10-11,14,17-18H,5-9,12-13H2,1-4H3,(H2,22,23,24);1H. The van der Waals surface area contributed by atoms with Crippen molar-refractivity contribution in [3.63, 3.8) is 0 Å². The summed E-state index contributed by atoms with van der Waals surface area (Å²) in [6, 6.07) is 4.46. The maximum absolute atomic E-state index is 12.2. The van der Waals surface area contributed by atoms with Crippen LogP contribution in [0.15, 0.2) is 17.1 Å². The summed E-state index contributed by atoms with van der Waals surface area (Å²) in [7, 11) is 2.76. The first kappa shape index (κ1) is 24.2. The Bertz CT molecular complexity index is 744. The third-order valence-corrected chi connectivity index (χ3v) is 7.33. The van der Waals surface area contributed by atoms with Crippen molar-refractivity contribution in [2.45, 2.75) is 69.9 Å². The number of nitrogens with one attached hydrogen (secondary N) is 2. The first-order valence-corrected chi connectivity index (χ1v) is 11.6. The molecule has 1 saturated carbocycles. The molecule has 1 aliphatic heterocycles. The molecule has 1 aromatic rings. The predicted molar refractivity (Wildman–Crippen MR) is 130 cm³/mol. The minimum Gasteiger partial charge on any atom is -0.496 e. The van der Waals surface area contributed by atoms with Gasteiger partial charge < -0.3 is 20.1 Å². The van der Waals surface area contributed by atoms with Crippen LogP contribution in [-0.4, -0.2) is 47.5 Å². The maximum Gasteiger partial charge on any atom is 0.191 e. The van der Waals surface area contributed by atoms with Crippen molar-refractivity contribution < 1.29 is 13.7 Å². The van der Waals surface area contributed by atoms with Crippen LogP contribution in [0.5, 0.6) is 11.5 Å². The molecule has 1 fully saturated rings. The first-order valence-electron chi connectivity index (χ1n) is 10.2. The number of halogens is 1. The van der Waals surface area contributed by atoms with Crippen molar-refractivity contribution in [3.8, 4) is 11.5 Å². The third-order valence-electron chi connectivity index (χ3n) is 5.59. The summed E-state index contributed by atoms with van der Waals surface area (Å²) in [6.45, 7) is 4.69. The monoisotopic (exact) mass is 535 g/mol. The van der Waals surface area contributed by atoms with Gasteiger partial charge in [0, 0.05) is 59.0 Å². The fraction of sp³-hybridized carbons (Fsp3) is 0.667. The van der Waals surface area contributed by atoms with E-state index in [2.05, 4.69) is 34.7 Å². The fourth-order valence-corrected chi connectivity index (χ4v) is 5.48. The Morgan fingerprint density at radius 1 is 1.38 bits per heavy atom. The molecule has 2 N–H and O–H groups in total. The van der Waals surface area contributed by atoms with Crippen molar-refractivity contribution in [2.24, 2.45) is 4.99 Å². The molecule has 1 aromatic carbocycles. The van der Waals surface area contributed by atoms with Crippen LogP contribution in [-0.2, 0) is 23.8 Å². The Morgan fingerprint density at radius 2 is 2.17 bits per heavy atom. The second kappa shape index (κ2) is 11.4. The lowest BCUT2D eigenvalue weighted by Gasteiger charge is -2.30. The number of benzene rings is 1. The van der Waals surface area contributed by atoms with E-state index >= 15 is 0 Å². The number of guanidine groups is 1. The van der Waals surface area contributed by atoms with Gasteiger partial charge in [-0.2, -0.15) is 0 Å². The van der Waals surface area contributed by atoms with E-state index in [1.165, 1.54) is 5.56 Å². The summed E-state index contributed by atoms with van der Waals surface area (Å²) >= 11 is 0. The average Bonchev–Trinajstić information content (AvgIpc) is 3.08. The van der Waals surface area contributed by atoms with Crippen molar-refractivity contribution in [3.05, 3.63) is 23.3 Å². The Morgan fingerprint density at radius 3 is 2.86 bits per heavy atom. The predicted octanol–water partition coefficient (Wildman–Crippen LogP) is 3.38. The lowest BCUT2D eigenvalue weighted by molar-refractivity contribution is 0.254. The van der Waals surface area contributed by atoms with Gasteiger partial charge in [-0.05, 0) is 38.3 Å². The Balaban J connectivity index is 0.00000300. The van der Waals surface area contributed by atoms with Crippen LogP contribution in [0.2, 0.25) is 0 Å². The molecular formula is C21H34IN3O3S. The molecule has 29 heavy (non-hydrogen) atoms. The van der Waals surface area contributed by atoms with Gasteiger partial charge >= 0.3 is 0 Å². The van der Waals surface area contributed by atoms with Gasteiger partial charge in [0.2, 0.25) is 0 Å². The Labute approximate surface area is 194 Å². The largest absolute Gasteiger partial charge is 0.496 e. The van der Waals surface area contributed by atoms with Gasteiger partial charge in [0.05, 0.1) is 7.11 Å². The van der Waals surface area contributed by atoms with Crippen LogP contribution < -0.4 is 20.1 Å². The van der Waals surface area contributed by atoms with Crippen LogP contribution in [0.3, 0.4) is 0 Å². The Hall–Kier alpha value is -1.03. The molecule has 0 spiro atoms. The SMILES string of the molecule is CCS(=O)C1CCCC(NC(=NC)NCc2cc3c(cc2OC)CC(C)O3)C1.I. The molecule has 8 heteroatoms. The highest BCUT2D eigenvalue weighted by molar-refractivity contribution is 14.0. The van der Waals surface area contributed by atoms with E-state index in [1.807, 2.05) is 6.92 Å². The van der Waals surface area contributed by atoms with Gasteiger partial charge in [-0.1, -0.05) is 13.3 Å². The number of fused-ring (bicyclic) bond motifs is 1. The number of methoxy groups -OCH3 is 1. The van der Waals surface area contributed by atoms with E-state index < -0.39 is 10.8 Å². The summed E-state index contributed by atoms with van der Waals surface area (Å²) in [5, 5.41) is 7.21. The second-order valence-corrected chi connectivity index (χ2v) is 9.63. The van der Waals surface area contributed by atoms with Crippen LogP contribution in [0, 0.1) is 0 Å². The summed E-state index contributed by atoms with van der Waals surface area (Å²) in [4.78, 5) is 4.37. The molecule has 0 saturated heterocycles. The molecule has 0 aromatic heterocycles. The van der Waals surface area contributed by atoms with Gasteiger partial charge in [0.25, 0.3) is 0 Å². The molecule has 3 rings (SSSR count). The van der Waals surface area contributed by atoms with Gasteiger partial charge in [0.15, 0.2) is 5.96 Å². The zero-order valence-corrected chi connectivity index (χ0v) is 21.0. The van der Waals surface area contributed by atoms with Crippen molar-refractivity contribution in [1.29, 1.82) is 0 Å². The topological polar surface area (TPSA) is 72.0 Å². The fourth-order valence-electron chi connectivity index (χ4n) is 4.13. The quantitative estimate of drug-likeness (QED) is 0.332. The smallest absolute Gasteiger partial charge is 0.191 e. The lowest BCUT2D eigenvalue weighted by atomic mass is 9.95. The minimum atomic E-state index is -0.723. The molecular weight excluding hydrogens is 501 g/mol. The summed E-state index contributed by atoms with van der Waals surface area (Å²) < 4.78 is 23.6. The first-order chi connectivity index (χ1) is 13.5. The van der Waals surface area contributed by atoms with Crippen molar-refractivity contribution >= 4 is 40.7 Å². The molecule has 2 aliphatic rings. The van der Waals surface area contributed by atoms with Crippen LogP contribution in [0.4, 0.5) is 0 Å². The van der Waals surface area contributed by atoms with Crippen LogP contribution in [0.25, 0.3) is 0 Å². The summed E-state index contributed by atoms with van der Waals surface area (Å²) in [5.74, 6) is 3.33. The van der Waals surface area contributed by atoms with E-state index in [-0.39, 0.29) is 30.1 Å². The van der Waals surface area contributed by atoms with Gasteiger partial charge in [0.1, 0.15) is 17.6 Å². The summed E-state index contributed by atoms with van der Waals surface area (Å²) in [6.07, 6.45) is 5.34. The average molecular weight is 535 g/mol. The molecule has 4 unspecified atom stereocenters. The Kier molecular flexibility index (Phi) is 9.52. The molecule has 0 amide bonds. The zero-order chi connectivity index (χ0) is 20.1. The highest BCUT2D eigenvalue weighted by Crippen LogP contribution is 2.35. The number of hydrogen-bond acceptors (Lipinski definition) is 4. The third kappa shape index (κ3) is 6.23. The lowest BCUT2D eigenvalue weighted by Crippen LogP contribution is -2.46. The van der Waals surface area contributed by atoms with E-state index in [0.29, 0.717) is 17.8 Å². The van der Waals surface area contributed by atoms with Crippen molar-refractivity contribution in [1.82, 2.24) is 10.6 Å². The second-order valence-electron chi connectivity index (χ2n) is 7.63. The minimum absolute atomic E-state index is 0. The highest BCUT2D eigenvalue weighted by atomic mass is 127. The van der Waals surface area contributed by atoms with Gasteiger partial charge in [-0.15, -0.1) is 24.0 Å². The van der Waals surface area contributed by atoms with E-state index in [0.717, 1.165) is 60.9 Å². The van der Waals surface area contributed by atoms with E-state index in [9.17, 15) is 4.21 Å². The molecule has 1 heterocycles. The van der Waals surface area contributed by atoms with Crippen molar-refractivity contribution in [2.75, 3.05) is 19.9 Å². The van der Waals surface area contributed by atoms with Crippen LogP contribution >= 0.6 is 24.0 Å². The maximum atomic E-state index is 12.2. The molecule has 4 atom stereocenters. The van der Waals surface area contributed by atoms with Crippen LogP contribution in [0.1, 0.15) is 50.7 Å². The molecule has 164 valence electrons. The summed E-state index contributed by atoms with van der Waals surface area (Å²) in [5.41, 5.74) is 2.25. The molecule has 0 bridgehead atoms. The number of hydrogen-bond donors (Lipinski definition) is 2. The molecule has 0 radical (unpaired) electrons. The van der Waals surface area contributed by atoms with E-state index in [4.69, 9.17) is 9.47 Å². The molecule has 6 nitrogen and oxygen atoms in total.